The number of carbonyl (C=O) groups excluding carboxylic acids is 1. The van der Waals surface area contributed by atoms with Gasteiger partial charge in [0.1, 0.15) is 5.58 Å². The number of ketones is 1. The van der Waals surface area contributed by atoms with Crippen LogP contribution < -0.4 is 0 Å². The number of furan rings is 1. The molecule has 3 rings (SSSR count). The lowest BCUT2D eigenvalue weighted by atomic mass is 10.0. The molecule has 0 aliphatic carbocycles. The van der Waals surface area contributed by atoms with Crippen molar-refractivity contribution in [1.82, 2.24) is 0 Å². The Labute approximate surface area is 122 Å². The lowest BCUT2D eigenvalue weighted by molar-refractivity contribution is 0.101. The van der Waals surface area contributed by atoms with E-state index in [1.54, 1.807) is 24.3 Å². The Bertz CT molecular complexity index is 795. The second-order valence-corrected chi connectivity index (χ2v) is 5.43. The SMILES string of the molecule is Cc1cc(C)cc(C(=O)c2cc3cc(Cl)ccc3o2)c1. The predicted octanol–water partition coefficient (Wildman–Crippen LogP) is 4.93. The van der Waals surface area contributed by atoms with E-state index in [-0.39, 0.29) is 5.78 Å². The molecule has 2 aromatic carbocycles. The van der Waals surface area contributed by atoms with E-state index < -0.39 is 0 Å². The number of hydrogen-bond donors (Lipinski definition) is 0. The van der Waals surface area contributed by atoms with Gasteiger partial charge in [-0.3, -0.25) is 4.79 Å². The molecule has 3 heteroatoms. The normalized spacial score (nSPS) is 10.9. The van der Waals surface area contributed by atoms with Crippen LogP contribution in [0.1, 0.15) is 27.2 Å². The molecule has 3 aromatic rings. The largest absolute Gasteiger partial charge is 0.453 e. The first kappa shape index (κ1) is 12.9. The van der Waals surface area contributed by atoms with Gasteiger partial charge < -0.3 is 4.42 Å². The summed E-state index contributed by atoms with van der Waals surface area (Å²) in [6.45, 7) is 3.95. The lowest BCUT2D eigenvalue weighted by Crippen LogP contribution is -2.00. The minimum absolute atomic E-state index is 0.107. The van der Waals surface area contributed by atoms with E-state index in [2.05, 4.69) is 0 Å². The van der Waals surface area contributed by atoms with E-state index >= 15 is 0 Å². The average Bonchev–Trinajstić information content (AvgIpc) is 2.79. The van der Waals surface area contributed by atoms with Crippen LogP contribution >= 0.6 is 11.6 Å². The second-order valence-electron chi connectivity index (χ2n) is 5.00. The molecule has 0 radical (unpaired) electrons. The molecule has 0 atom stereocenters. The zero-order valence-corrected chi connectivity index (χ0v) is 12.0. The van der Waals surface area contributed by atoms with Crippen LogP contribution in [-0.4, -0.2) is 5.78 Å². The topological polar surface area (TPSA) is 30.2 Å². The molecule has 0 saturated carbocycles. The van der Waals surface area contributed by atoms with Crippen molar-refractivity contribution in [1.29, 1.82) is 0 Å². The van der Waals surface area contributed by atoms with Gasteiger partial charge >= 0.3 is 0 Å². The van der Waals surface area contributed by atoms with E-state index in [0.29, 0.717) is 21.9 Å². The summed E-state index contributed by atoms with van der Waals surface area (Å²) in [7, 11) is 0. The highest BCUT2D eigenvalue weighted by molar-refractivity contribution is 6.31. The Morgan fingerprint density at radius 2 is 1.70 bits per heavy atom. The summed E-state index contributed by atoms with van der Waals surface area (Å²) in [6, 6.07) is 12.8. The van der Waals surface area contributed by atoms with Crippen molar-refractivity contribution in [2.75, 3.05) is 0 Å². The lowest BCUT2D eigenvalue weighted by Gasteiger charge is -2.02. The highest BCUT2D eigenvalue weighted by Crippen LogP contribution is 2.25. The van der Waals surface area contributed by atoms with Crippen LogP contribution in [0.5, 0.6) is 0 Å². The predicted molar refractivity (Wildman–Crippen MR) is 80.6 cm³/mol. The van der Waals surface area contributed by atoms with E-state index in [4.69, 9.17) is 16.0 Å². The molecule has 0 fully saturated rings. The van der Waals surface area contributed by atoms with Gasteiger partial charge in [0, 0.05) is 16.0 Å². The maximum Gasteiger partial charge on any atom is 0.228 e. The number of fused-ring (bicyclic) bond motifs is 1. The molecule has 1 heterocycles. The molecule has 0 aliphatic rings. The smallest absolute Gasteiger partial charge is 0.228 e. The fraction of sp³-hybridized carbons (Fsp3) is 0.118. The molecule has 0 bridgehead atoms. The van der Waals surface area contributed by atoms with Gasteiger partial charge in [-0.25, -0.2) is 0 Å². The maximum absolute atomic E-state index is 12.5. The summed E-state index contributed by atoms with van der Waals surface area (Å²) in [4.78, 5) is 12.5. The molecular formula is C17H13ClO2. The third-order valence-electron chi connectivity index (χ3n) is 3.19. The van der Waals surface area contributed by atoms with Crippen LogP contribution in [0.4, 0.5) is 0 Å². The third kappa shape index (κ3) is 2.35. The highest BCUT2D eigenvalue weighted by atomic mass is 35.5. The van der Waals surface area contributed by atoms with E-state index in [9.17, 15) is 4.79 Å². The fourth-order valence-electron chi connectivity index (χ4n) is 2.37. The Morgan fingerprint density at radius 1 is 1.00 bits per heavy atom. The average molecular weight is 285 g/mol. The van der Waals surface area contributed by atoms with Crippen molar-refractivity contribution in [3.05, 3.63) is 69.9 Å². The molecule has 0 amide bonds. The van der Waals surface area contributed by atoms with Gasteiger partial charge in [0.25, 0.3) is 0 Å². The van der Waals surface area contributed by atoms with Crippen LogP contribution in [0.15, 0.2) is 46.9 Å². The monoisotopic (exact) mass is 284 g/mol. The molecule has 0 saturated heterocycles. The van der Waals surface area contributed by atoms with Crippen molar-refractivity contribution in [2.45, 2.75) is 13.8 Å². The molecular weight excluding hydrogens is 272 g/mol. The number of carbonyl (C=O) groups is 1. The first-order valence-corrected chi connectivity index (χ1v) is 6.73. The van der Waals surface area contributed by atoms with Gasteiger partial charge in [-0.05, 0) is 50.2 Å². The van der Waals surface area contributed by atoms with Gasteiger partial charge in [-0.2, -0.15) is 0 Å². The van der Waals surface area contributed by atoms with Crippen molar-refractivity contribution >= 4 is 28.4 Å². The first-order valence-electron chi connectivity index (χ1n) is 6.35. The van der Waals surface area contributed by atoms with Crippen molar-refractivity contribution < 1.29 is 9.21 Å². The van der Waals surface area contributed by atoms with E-state index in [0.717, 1.165) is 16.5 Å². The zero-order valence-electron chi connectivity index (χ0n) is 11.2. The summed E-state index contributed by atoms with van der Waals surface area (Å²) in [6.07, 6.45) is 0. The molecule has 0 unspecified atom stereocenters. The number of aryl methyl sites for hydroxylation is 2. The van der Waals surface area contributed by atoms with Crippen LogP contribution in [0, 0.1) is 13.8 Å². The Hall–Kier alpha value is -2.06. The standard InChI is InChI=1S/C17H13ClO2/c1-10-5-11(2)7-13(6-10)17(19)16-9-12-8-14(18)3-4-15(12)20-16/h3-9H,1-2H3. The summed E-state index contributed by atoms with van der Waals surface area (Å²) >= 11 is 5.94. The second kappa shape index (κ2) is 4.80. The molecule has 20 heavy (non-hydrogen) atoms. The van der Waals surface area contributed by atoms with Crippen LogP contribution in [-0.2, 0) is 0 Å². The summed E-state index contributed by atoms with van der Waals surface area (Å²) in [5, 5.41) is 1.47. The first-order chi connectivity index (χ1) is 9.52. The molecule has 0 spiro atoms. The van der Waals surface area contributed by atoms with Crippen molar-refractivity contribution in [2.24, 2.45) is 0 Å². The summed E-state index contributed by atoms with van der Waals surface area (Å²) in [5.41, 5.74) is 3.44. The minimum atomic E-state index is -0.107. The van der Waals surface area contributed by atoms with Gasteiger partial charge in [-0.15, -0.1) is 0 Å². The number of benzene rings is 2. The fourth-order valence-corrected chi connectivity index (χ4v) is 2.55. The van der Waals surface area contributed by atoms with Crippen molar-refractivity contribution in [3.8, 4) is 0 Å². The Kier molecular flexibility index (Phi) is 3.11. The summed E-state index contributed by atoms with van der Waals surface area (Å²) < 4.78 is 5.61. The molecule has 0 aliphatic heterocycles. The molecule has 0 N–H and O–H groups in total. The third-order valence-corrected chi connectivity index (χ3v) is 3.42. The molecule has 1 aromatic heterocycles. The Morgan fingerprint density at radius 3 is 2.40 bits per heavy atom. The number of halogens is 1. The highest BCUT2D eigenvalue weighted by Gasteiger charge is 2.15. The molecule has 2 nitrogen and oxygen atoms in total. The van der Waals surface area contributed by atoms with Gasteiger partial charge in [0.05, 0.1) is 0 Å². The minimum Gasteiger partial charge on any atom is -0.453 e. The van der Waals surface area contributed by atoms with Gasteiger partial charge in [0.15, 0.2) is 5.76 Å². The summed E-state index contributed by atoms with van der Waals surface area (Å²) in [5.74, 6) is 0.233. The van der Waals surface area contributed by atoms with E-state index in [1.165, 1.54) is 0 Å². The Balaban J connectivity index is 2.07. The molecule has 100 valence electrons. The zero-order chi connectivity index (χ0) is 14.3. The van der Waals surface area contributed by atoms with Crippen molar-refractivity contribution in [3.63, 3.8) is 0 Å². The van der Waals surface area contributed by atoms with Crippen LogP contribution in [0.3, 0.4) is 0 Å². The quantitative estimate of drug-likeness (QED) is 0.624. The van der Waals surface area contributed by atoms with Gasteiger partial charge in [0.2, 0.25) is 5.78 Å². The number of rotatable bonds is 2. The van der Waals surface area contributed by atoms with E-state index in [1.807, 2.05) is 32.0 Å². The van der Waals surface area contributed by atoms with Crippen LogP contribution in [0.2, 0.25) is 5.02 Å². The van der Waals surface area contributed by atoms with Gasteiger partial charge in [-0.1, -0.05) is 28.8 Å². The van der Waals surface area contributed by atoms with Crippen LogP contribution in [0.25, 0.3) is 11.0 Å². The maximum atomic E-state index is 12.5. The number of hydrogen-bond acceptors (Lipinski definition) is 2.